The molecule has 7 nitrogen and oxygen atoms in total. The van der Waals surface area contributed by atoms with Crippen molar-refractivity contribution in [2.24, 2.45) is 0 Å². The lowest BCUT2D eigenvalue weighted by atomic mass is 10.1. The van der Waals surface area contributed by atoms with Crippen LogP contribution in [0.5, 0.6) is 0 Å². The van der Waals surface area contributed by atoms with Gasteiger partial charge < -0.3 is 15.0 Å². The molecule has 0 radical (unpaired) electrons. The second-order valence-electron chi connectivity index (χ2n) is 7.25. The fraction of sp³-hybridized carbons (Fsp3) is 0.208. The number of H-pyrrole nitrogens is 1. The van der Waals surface area contributed by atoms with Gasteiger partial charge in [-0.15, -0.1) is 0 Å². The number of esters is 1. The Bertz CT molecular complexity index is 1270. The number of ether oxygens (including phenoxy) is 1. The molecule has 31 heavy (non-hydrogen) atoms. The standard InChI is InChI=1S/C24H24N4O3/c1-3-31-24(30)23-21(14-22(29)28(27-23)18-10-8-16(2)9-11-18)25-13-12-17-15-26-20-7-5-4-6-19(17)20/h4-11,14-15,25-26H,3,12-13H2,1-2H3. The van der Waals surface area contributed by atoms with Crippen LogP contribution in [0.15, 0.2) is 65.6 Å². The minimum absolute atomic E-state index is 0.0842. The first-order chi connectivity index (χ1) is 15.1. The number of aromatic nitrogens is 3. The van der Waals surface area contributed by atoms with Crippen molar-refractivity contribution in [2.75, 3.05) is 18.5 Å². The first-order valence-corrected chi connectivity index (χ1v) is 10.2. The van der Waals surface area contributed by atoms with Crippen molar-refractivity contribution >= 4 is 22.6 Å². The smallest absolute Gasteiger partial charge is 0.360 e. The van der Waals surface area contributed by atoms with Crippen LogP contribution in [-0.4, -0.2) is 33.9 Å². The van der Waals surface area contributed by atoms with E-state index in [9.17, 15) is 9.59 Å². The van der Waals surface area contributed by atoms with Crippen molar-refractivity contribution in [1.82, 2.24) is 14.8 Å². The maximum atomic E-state index is 12.7. The number of nitrogens with zero attached hydrogens (tertiary/aromatic N) is 2. The number of aromatic amines is 1. The van der Waals surface area contributed by atoms with Gasteiger partial charge in [0.25, 0.3) is 5.56 Å². The molecule has 0 unspecified atom stereocenters. The summed E-state index contributed by atoms with van der Waals surface area (Å²) >= 11 is 0. The van der Waals surface area contributed by atoms with E-state index in [0.717, 1.165) is 22.0 Å². The number of rotatable bonds is 7. The van der Waals surface area contributed by atoms with Crippen LogP contribution in [0.25, 0.3) is 16.6 Å². The van der Waals surface area contributed by atoms with Crippen molar-refractivity contribution in [3.8, 4) is 5.69 Å². The molecule has 0 spiro atoms. The Morgan fingerprint density at radius 2 is 1.94 bits per heavy atom. The number of benzene rings is 2. The fourth-order valence-electron chi connectivity index (χ4n) is 3.48. The molecule has 158 valence electrons. The molecule has 7 heteroatoms. The van der Waals surface area contributed by atoms with Gasteiger partial charge in [0.1, 0.15) is 0 Å². The van der Waals surface area contributed by atoms with Crippen molar-refractivity contribution in [3.05, 3.63) is 88.0 Å². The minimum atomic E-state index is -0.571. The zero-order valence-electron chi connectivity index (χ0n) is 17.5. The number of anilines is 1. The van der Waals surface area contributed by atoms with Gasteiger partial charge in [-0.2, -0.15) is 9.78 Å². The molecular formula is C24H24N4O3. The van der Waals surface area contributed by atoms with E-state index in [2.05, 4.69) is 21.5 Å². The number of aryl methyl sites for hydroxylation is 1. The second kappa shape index (κ2) is 8.87. The van der Waals surface area contributed by atoms with Gasteiger partial charge in [0.2, 0.25) is 0 Å². The van der Waals surface area contributed by atoms with Crippen molar-refractivity contribution < 1.29 is 9.53 Å². The maximum absolute atomic E-state index is 12.7. The molecule has 0 fully saturated rings. The highest BCUT2D eigenvalue weighted by Crippen LogP contribution is 2.19. The van der Waals surface area contributed by atoms with E-state index in [1.54, 1.807) is 19.1 Å². The van der Waals surface area contributed by atoms with Gasteiger partial charge in [0.15, 0.2) is 5.69 Å². The fourth-order valence-corrected chi connectivity index (χ4v) is 3.48. The molecule has 0 atom stereocenters. The second-order valence-corrected chi connectivity index (χ2v) is 7.25. The molecule has 0 aliphatic heterocycles. The third-order valence-electron chi connectivity index (χ3n) is 5.06. The highest BCUT2D eigenvalue weighted by atomic mass is 16.5. The Kier molecular flexibility index (Phi) is 5.84. The van der Waals surface area contributed by atoms with Crippen LogP contribution in [0.3, 0.4) is 0 Å². The molecular weight excluding hydrogens is 392 g/mol. The molecule has 4 rings (SSSR count). The van der Waals surface area contributed by atoms with E-state index in [1.165, 1.54) is 10.7 Å². The maximum Gasteiger partial charge on any atom is 0.360 e. The lowest BCUT2D eigenvalue weighted by Gasteiger charge is -2.13. The van der Waals surface area contributed by atoms with Gasteiger partial charge in [0.05, 0.1) is 18.0 Å². The van der Waals surface area contributed by atoms with Gasteiger partial charge in [0, 0.05) is 29.7 Å². The number of hydrogen-bond acceptors (Lipinski definition) is 5. The van der Waals surface area contributed by atoms with E-state index in [4.69, 9.17) is 4.74 Å². The van der Waals surface area contributed by atoms with Crippen LogP contribution in [0.4, 0.5) is 5.69 Å². The zero-order valence-corrected chi connectivity index (χ0v) is 17.5. The summed E-state index contributed by atoms with van der Waals surface area (Å²) in [6.45, 7) is 4.45. The van der Waals surface area contributed by atoms with E-state index < -0.39 is 5.97 Å². The summed E-state index contributed by atoms with van der Waals surface area (Å²) in [6.07, 6.45) is 2.69. The predicted molar refractivity (Wildman–Crippen MR) is 121 cm³/mol. The predicted octanol–water partition coefficient (Wildman–Crippen LogP) is 3.85. The summed E-state index contributed by atoms with van der Waals surface area (Å²) in [6, 6.07) is 16.8. The Hall–Kier alpha value is -3.87. The van der Waals surface area contributed by atoms with Crippen molar-refractivity contribution in [3.63, 3.8) is 0 Å². The lowest BCUT2D eigenvalue weighted by Crippen LogP contribution is -2.26. The molecule has 0 saturated carbocycles. The van der Waals surface area contributed by atoms with Crippen LogP contribution in [0, 0.1) is 6.92 Å². The third kappa shape index (κ3) is 4.35. The topological polar surface area (TPSA) is 89.0 Å². The zero-order chi connectivity index (χ0) is 21.8. The summed E-state index contributed by atoms with van der Waals surface area (Å²) in [5, 5.41) is 8.67. The summed E-state index contributed by atoms with van der Waals surface area (Å²) in [5.74, 6) is -0.571. The summed E-state index contributed by atoms with van der Waals surface area (Å²) < 4.78 is 6.39. The minimum Gasteiger partial charge on any atom is -0.461 e. The van der Waals surface area contributed by atoms with E-state index >= 15 is 0 Å². The van der Waals surface area contributed by atoms with E-state index in [0.29, 0.717) is 24.3 Å². The molecule has 2 aromatic heterocycles. The van der Waals surface area contributed by atoms with Crippen LogP contribution in [0.2, 0.25) is 0 Å². The molecule has 0 aliphatic carbocycles. The average Bonchev–Trinajstić information content (AvgIpc) is 3.18. The number of para-hydroxylation sites is 1. The molecule has 0 aliphatic rings. The average molecular weight is 416 g/mol. The monoisotopic (exact) mass is 416 g/mol. The Morgan fingerprint density at radius 1 is 1.16 bits per heavy atom. The number of hydrogen-bond donors (Lipinski definition) is 2. The molecule has 2 heterocycles. The molecule has 0 bridgehead atoms. The van der Waals surface area contributed by atoms with Crippen LogP contribution in [0.1, 0.15) is 28.5 Å². The number of carbonyl (C=O) groups excluding carboxylic acids is 1. The quantitative estimate of drug-likeness (QED) is 0.447. The highest BCUT2D eigenvalue weighted by Gasteiger charge is 2.18. The van der Waals surface area contributed by atoms with Crippen LogP contribution < -0.4 is 10.9 Å². The van der Waals surface area contributed by atoms with Crippen LogP contribution in [-0.2, 0) is 11.2 Å². The highest BCUT2D eigenvalue weighted by molar-refractivity contribution is 5.93. The van der Waals surface area contributed by atoms with Gasteiger partial charge in [-0.1, -0.05) is 35.9 Å². The molecule has 0 amide bonds. The number of carbonyl (C=O) groups is 1. The molecule has 2 N–H and O–H groups in total. The number of fused-ring (bicyclic) bond motifs is 1. The summed E-state index contributed by atoms with van der Waals surface area (Å²) in [7, 11) is 0. The first-order valence-electron chi connectivity index (χ1n) is 10.2. The molecule has 4 aromatic rings. The van der Waals surface area contributed by atoms with Gasteiger partial charge in [-0.3, -0.25) is 4.79 Å². The first kappa shape index (κ1) is 20.4. The largest absolute Gasteiger partial charge is 0.461 e. The van der Waals surface area contributed by atoms with E-state index in [-0.39, 0.29) is 17.9 Å². The summed E-state index contributed by atoms with van der Waals surface area (Å²) in [5.41, 5.74) is 4.01. The van der Waals surface area contributed by atoms with Gasteiger partial charge >= 0.3 is 5.97 Å². The lowest BCUT2D eigenvalue weighted by molar-refractivity contribution is 0.0518. The Labute approximate surface area is 179 Å². The van der Waals surface area contributed by atoms with Gasteiger partial charge in [-0.25, -0.2) is 4.79 Å². The molecule has 0 saturated heterocycles. The normalized spacial score (nSPS) is 10.9. The van der Waals surface area contributed by atoms with E-state index in [1.807, 2.05) is 43.5 Å². The van der Waals surface area contributed by atoms with Gasteiger partial charge in [-0.05, 0) is 44.0 Å². The SMILES string of the molecule is CCOC(=O)c1nn(-c2ccc(C)cc2)c(=O)cc1NCCc1c[nH]c2ccccc12. The molecule has 2 aromatic carbocycles. The number of nitrogens with one attached hydrogen (secondary N) is 2. The Balaban J connectivity index is 1.61. The summed E-state index contributed by atoms with van der Waals surface area (Å²) in [4.78, 5) is 28.5. The van der Waals surface area contributed by atoms with Crippen molar-refractivity contribution in [1.29, 1.82) is 0 Å². The third-order valence-corrected chi connectivity index (χ3v) is 5.06. The van der Waals surface area contributed by atoms with Crippen LogP contribution >= 0.6 is 0 Å². The van der Waals surface area contributed by atoms with Crippen molar-refractivity contribution in [2.45, 2.75) is 20.3 Å². The Morgan fingerprint density at radius 3 is 2.71 bits per heavy atom.